The van der Waals surface area contributed by atoms with Crippen LogP contribution in [-0.4, -0.2) is 43.8 Å². The number of hydrogen-bond donors (Lipinski definition) is 2. The summed E-state index contributed by atoms with van der Waals surface area (Å²) in [4.78, 5) is 25.5. The molecule has 1 aliphatic heterocycles. The number of pyridine rings is 1. The van der Waals surface area contributed by atoms with E-state index in [1.807, 2.05) is 24.3 Å². The van der Waals surface area contributed by atoms with Crippen molar-refractivity contribution in [2.75, 3.05) is 27.3 Å². The Bertz CT molecular complexity index is 901. The number of methoxy groups -OCH3 is 2. The Balaban J connectivity index is 1.76. The zero-order chi connectivity index (χ0) is 20.1. The summed E-state index contributed by atoms with van der Waals surface area (Å²) >= 11 is 0. The number of nitrogens with one attached hydrogen (secondary N) is 2. The highest BCUT2D eigenvalue weighted by molar-refractivity contribution is 5.95. The summed E-state index contributed by atoms with van der Waals surface area (Å²) in [5.41, 5.74) is 1.68. The third-order valence-corrected chi connectivity index (χ3v) is 5.09. The van der Waals surface area contributed by atoms with E-state index >= 15 is 0 Å². The maximum Gasteiger partial charge on any atom is 0.263 e. The first-order valence-corrected chi connectivity index (χ1v) is 9.46. The minimum absolute atomic E-state index is 0.0757. The van der Waals surface area contributed by atoms with Crippen LogP contribution in [0.4, 0.5) is 0 Å². The maximum atomic E-state index is 12.9. The minimum atomic E-state index is -0.295. The third-order valence-electron chi connectivity index (χ3n) is 5.09. The van der Waals surface area contributed by atoms with Crippen LogP contribution in [0.5, 0.6) is 11.5 Å². The molecule has 1 saturated heterocycles. The second-order valence-corrected chi connectivity index (χ2v) is 6.97. The largest absolute Gasteiger partial charge is 0.493 e. The van der Waals surface area contributed by atoms with Crippen molar-refractivity contribution in [1.29, 1.82) is 0 Å². The van der Waals surface area contributed by atoms with Gasteiger partial charge in [0.05, 0.1) is 14.2 Å². The predicted molar refractivity (Wildman–Crippen MR) is 107 cm³/mol. The fourth-order valence-corrected chi connectivity index (χ4v) is 3.44. The van der Waals surface area contributed by atoms with Gasteiger partial charge in [0, 0.05) is 25.3 Å². The number of aryl methyl sites for hydroxylation is 3. The SMILES string of the molecule is COc1ccc(CCn2ccc(C)c(C(=O)N[C@H]3CCNC3)c2=O)cc1OC. The Morgan fingerprint density at radius 3 is 2.71 bits per heavy atom. The van der Waals surface area contributed by atoms with E-state index in [-0.39, 0.29) is 23.1 Å². The highest BCUT2D eigenvalue weighted by Crippen LogP contribution is 2.27. The molecule has 2 heterocycles. The summed E-state index contributed by atoms with van der Waals surface area (Å²) in [6.07, 6.45) is 3.26. The van der Waals surface area contributed by atoms with Gasteiger partial charge in [0.1, 0.15) is 5.56 Å². The lowest BCUT2D eigenvalue weighted by atomic mass is 10.1. The van der Waals surface area contributed by atoms with E-state index < -0.39 is 0 Å². The van der Waals surface area contributed by atoms with Gasteiger partial charge in [0.15, 0.2) is 11.5 Å². The number of benzene rings is 1. The molecule has 1 fully saturated rings. The smallest absolute Gasteiger partial charge is 0.263 e. The van der Waals surface area contributed by atoms with Gasteiger partial charge in [-0.2, -0.15) is 0 Å². The van der Waals surface area contributed by atoms with Crippen LogP contribution in [0.1, 0.15) is 27.9 Å². The standard InChI is InChI=1S/C21H27N3O4/c1-14-7-10-24(11-8-15-4-5-17(27-2)18(12-15)28-3)21(26)19(14)20(25)23-16-6-9-22-13-16/h4-5,7,10,12,16,22H,6,8-9,11,13H2,1-3H3,(H,23,25)/t16-/m0/s1. The van der Waals surface area contributed by atoms with Gasteiger partial charge in [-0.1, -0.05) is 6.07 Å². The molecule has 0 unspecified atom stereocenters. The Kier molecular flexibility index (Phi) is 6.36. The van der Waals surface area contributed by atoms with E-state index in [1.165, 1.54) is 0 Å². The highest BCUT2D eigenvalue weighted by atomic mass is 16.5. The van der Waals surface area contributed by atoms with Crippen LogP contribution in [0.15, 0.2) is 35.3 Å². The van der Waals surface area contributed by atoms with E-state index in [0.717, 1.165) is 25.1 Å². The van der Waals surface area contributed by atoms with E-state index in [9.17, 15) is 9.59 Å². The summed E-state index contributed by atoms with van der Waals surface area (Å²) in [5, 5.41) is 6.17. The molecule has 1 aromatic heterocycles. The number of ether oxygens (including phenoxy) is 2. The number of carbonyl (C=O) groups is 1. The quantitative estimate of drug-likeness (QED) is 0.755. The fraction of sp³-hybridized carbons (Fsp3) is 0.429. The van der Waals surface area contributed by atoms with Crippen molar-refractivity contribution in [3.8, 4) is 11.5 Å². The number of aromatic nitrogens is 1. The normalized spacial score (nSPS) is 16.0. The molecule has 3 rings (SSSR count). The Labute approximate surface area is 164 Å². The number of carbonyl (C=O) groups excluding carboxylic acids is 1. The topological polar surface area (TPSA) is 81.6 Å². The summed E-state index contributed by atoms with van der Waals surface area (Å²) in [6, 6.07) is 7.59. The van der Waals surface area contributed by atoms with Crippen LogP contribution >= 0.6 is 0 Å². The molecule has 0 radical (unpaired) electrons. The second-order valence-electron chi connectivity index (χ2n) is 6.97. The lowest BCUT2D eigenvalue weighted by Gasteiger charge is -2.14. The molecule has 1 amide bonds. The average Bonchev–Trinajstić information content (AvgIpc) is 3.20. The molecule has 0 saturated carbocycles. The number of hydrogen-bond acceptors (Lipinski definition) is 5. The molecular formula is C21H27N3O4. The molecule has 2 aromatic rings. The van der Waals surface area contributed by atoms with E-state index in [4.69, 9.17) is 9.47 Å². The minimum Gasteiger partial charge on any atom is -0.493 e. The zero-order valence-corrected chi connectivity index (χ0v) is 16.6. The van der Waals surface area contributed by atoms with E-state index in [2.05, 4.69) is 10.6 Å². The number of nitrogens with zero attached hydrogens (tertiary/aromatic N) is 1. The van der Waals surface area contributed by atoms with Crippen molar-refractivity contribution in [3.63, 3.8) is 0 Å². The average molecular weight is 385 g/mol. The Morgan fingerprint density at radius 2 is 2.04 bits per heavy atom. The Morgan fingerprint density at radius 1 is 1.25 bits per heavy atom. The summed E-state index contributed by atoms with van der Waals surface area (Å²) in [6.45, 7) is 3.89. The van der Waals surface area contributed by atoms with Crippen molar-refractivity contribution in [1.82, 2.24) is 15.2 Å². The van der Waals surface area contributed by atoms with Crippen molar-refractivity contribution < 1.29 is 14.3 Å². The van der Waals surface area contributed by atoms with Gasteiger partial charge in [-0.3, -0.25) is 9.59 Å². The lowest BCUT2D eigenvalue weighted by Crippen LogP contribution is -2.40. The molecule has 7 heteroatoms. The van der Waals surface area contributed by atoms with Gasteiger partial charge in [0.2, 0.25) is 0 Å². The van der Waals surface area contributed by atoms with Gasteiger partial charge in [-0.05, 0) is 55.6 Å². The zero-order valence-electron chi connectivity index (χ0n) is 16.6. The molecule has 0 bridgehead atoms. The van der Waals surface area contributed by atoms with Crippen LogP contribution in [0.3, 0.4) is 0 Å². The monoisotopic (exact) mass is 385 g/mol. The molecule has 0 aliphatic carbocycles. The third kappa shape index (κ3) is 4.36. The van der Waals surface area contributed by atoms with Gasteiger partial charge in [-0.15, -0.1) is 0 Å². The van der Waals surface area contributed by atoms with Crippen molar-refractivity contribution in [2.45, 2.75) is 32.4 Å². The molecule has 1 aromatic carbocycles. The summed E-state index contributed by atoms with van der Waals surface area (Å²) in [5.74, 6) is 1.03. The van der Waals surface area contributed by atoms with Crippen LogP contribution in [0.2, 0.25) is 0 Å². The number of rotatable bonds is 7. The second kappa shape index (κ2) is 8.93. The molecule has 2 N–H and O–H groups in total. The van der Waals surface area contributed by atoms with Crippen LogP contribution in [0, 0.1) is 6.92 Å². The predicted octanol–water partition coefficient (Wildman–Crippen LogP) is 1.51. The van der Waals surface area contributed by atoms with Gasteiger partial charge in [-0.25, -0.2) is 0 Å². The summed E-state index contributed by atoms with van der Waals surface area (Å²) < 4.78 is 12.2. The van der Waals surface area contributed by atoms with Crippen LogP contribution in [0.25, 0.3) is 0 Å². The summed E-state index contributed by atoms with van der Waals surface area (Å²) in [7, 11) is 3.19. The lowest BCUT2D eigenvalue weighted by molar-refractivity contribution is 0.0937. The van der Waals surface area contributed by atoms with Crippen molar-refractivity contribution in [3.05, 3.63) is 57.5 Å². The molecule has 0 spiro atoms. The molecule has 7 nitrogen and oxygen atoms in total. The first-order chi connectivity index (χ1) is 13.5. The number of amides is 1. The molecule has 28 heavy (non-hydrogen) atoms. The fourth-order valence-electron chi connectivity index (χ4n) is 3.44. The molecule has 1 aliphatic rings. The van der Waals surface area contributed by atoms with Crippen molar-refractivity contribution >= 4 is 5.91 Å². The van der Waals surface area contributed by atoms with Crippen LogP contribution < -0.4 is 25.7 Å². The van der Waals surface area contributed by atoms with E-state index in [0.29, 0.717) is 30.0 Å². The van der Waals surface area contributed by atoms with Gasteiger partial charge in [0.25, 0.3) is 11.5 Å². The first kappa shape index (κ1) is 19.9. The molecule has 150 valence electrons. The van der Waals surface area contributed by atoms with Crippen molar-refractivity contribution in [2.24, 2.45) is 0 Å². The first-order valence-electron chi connectivity index (χ1n) is 9.46. The van der Waals surface area contributed by atoms with Gasteiger partial charge >= 0.3 is 0 Å². The Hall–Kier alpha value is -2.80. The molecule has 1 atom stereocenters. The maximum absolute atomic E-state index is 12.9. The van der Waals surface area contributed by atoms with E-state index in [1.54, 1.807) is 31.9 Å². The van der Waals surface area contributed by atoms with Crippen LogP contribution in [-0.2, 0) is 13.0 Å². The molecular weight excluding hydrogens is 358 g/mol. The van der Waals surface area contributed by atoms with Gasteiger partial charge < -0.3 is 24.7 Å². The highest BCUT2D eigenvalue weighted by Gasteiger charge is 2.21.